The topological polar surface area (TPSA) is 70.7 Å². The van der Waals surface area contributed by atoms with Gasteiger partial charge in [0.05, 0.1) is 10.1 Å². The zero-order valence-electron chi connectivity index (χ0n) is 14.0. The number of carbonyl (C=O) groups excluding carboxylic acids is 1. The Balaban J connectivity index is 1.42. The fourth-order valence-electron chi connectivity index (χ4n) is 2.55. The number of aromatic amines is 1. The van der Waals surface area contributed by atoms with Crippen LogP contribution in [0, 0.1) is 0 Å². The molecule has 0 unspecified atom stereocenters. The molecule has 5 nitrogen and oxygen atoms in total. The molecule has 2 heterocycles. The van der Waals surface area contributed by atoms with Gasteiger partial charge >= 0.3 is 0 Å². The molecule has 2 aromatic heterocycles. The number of nitrogens with one attached hydrogen (secondary N) is 2. The molecule has 0 saturated carbocycles. The molecule has 2 aromatic carbocycles. The summed E-state index contributed by atoms with van der Waals surface area (Å²) in [5.41, 5.74) is 0.787. The van der Waals surface area contributed by atoms with Gasteiger partial charge in [-0.3, -0.25) is 9.89 Å². The molecule has 0 aliphatic rings. The Morgan fingerprint density at radius 2 is 2.00 bits per heavy atom. The monoisotopic (exact) mass is 380 g/mol. The van der Waals surface area contributed by atoms with Crippen LogP contribution in [-0.4, -0.2) is 26.3 Å². The molecular weight excluding hydrogens is 364 g/mol. The summed E-state index contributed by atoms with van der Waals surface area (Å²) in [4.78, 5) is 18.0. The van der Waals surface area contributed by atoms with Crippen LogP contribution in [0.15, 0.2) is 65.1 Å². The number of hydrogen-bond acceptors (Lipinski definition) is 5. The third-order valence-corrected chi connectivity index (χ3v) is 5.73. The van der Waals surface area contributed by atoms with Crippen molar-refractivity contribution in [2.75, 3.05) is 5.32 Å². The fraction of sp³-hybridized carbons (Fsp3) is 0.105. The summed E-state index contributed by atoms with van der Waals surface area (Å²) in [7, 11) is 0. The van der Waals surface area contributed by atoms with Crippen molar-refractivity contribution in [3.05, 3.63) is 60.0 Å². The van der Waals surface area contributed by atoms with Gasteiger partial charge in [0.2, 0.25) is 11.1 Å². The highest BCUT2D eigenvalue weighted by molar-refractivity contribution is 8.00. The average molecular weight is 380 g/mol. The van der Waals surface area contributed by atoms with Gasteiger partial charge in [-0.2, -0.15) is 0 Å². The van der Waals surface area contributed by atoms with Crippen LogP contribution in [0.25, 0.3) is 21.5 Å². The largest absolute Gasteiger partial charge is 0.325 e. The van der Waals surface area contributed by atoms with Crippen molar-refractivity contribution in [3.8, 4) is 10.7 Å². The van der Waals surface area contributed by atoms with E-state index >= 15 is 0 Å². The summed E-state index contributed by atoms with van der Waals surface area (Å²) in [6.07, 6.45) is 0. The van der Waals surface area contributed by atoms with Gasteiger partial charge in [0.1, 0.15) is 0 Å². The number of anilines is 1. The molecule has 1 atom stereocenters. The molecule has 2 N–H and O–H groups in total. The number of aromatic nitrogens is 3. The SMILES string of the molecule is C[C@@H](Sc1n[nH]c(-c2cccs2)n1)C(=O)Nc1ccc2ccccc2c1. The second kappa shape index (κ2) is 7.31. The normalized spacial score (nSPS) is 12.2. The summed E-state index contributed by atoms with van der Waals surface area (Å²) < 4.78 is 0. The minimum Gasteiger partial charge on any atom is -0.325 e. The number of rotatable bonds is 5. The number of hydrogen-bond donors (Lipinski definition) is 2. The number of carbonyl (C=O) groups is 1. The van der Waals surface area contributed by atoms with Crippen LogP contribution in [0.1, 0.15) is 6.92 Å². The van der Waals surface area contributed by atoms with Gasteiger partial charge in [0, 0.05) is 5.69 Å². The summed E-state index contributed by atoms with van der Waals surface area (Å²) in [5, 5.41) is 14.6. The number of fused-ring (bicyclic) bond motifs is 1. The van der Waals surface area contributed by atoms with Crippen molar-refractivity contribution in [1.29, 1.82) is 0 Å². The lowest BCUT2D eigenvalue weighted by Gasteiger charge is -2.10. The van der Waals surface area contributed by atoms with Crippen molar-refractivity contribution in [3.63, 3.8) is 0 Å². The zero-order chi connectivity index (χ0) is 17.9. The van der Waals surface area contributed by atoms with E-state index in [0.717, 1.165) is 27.2 Å². The van der Waals surface area contributed by atoms with E-state index in [4.69, 9.17) is 0 Å². The Morgan fingerprint density at radius 1 is 1.15 bits per heavy atom. The van der Waals surface area contributed by atoms with E-state index in [9.17, 15) is 4.79 Å². The molecule has 7 heteroatoms. The number of amides is 1. The Labute approximate surface area is 158 Å². The molecule has 0 saturated heterocycles. The zero-order valence-corrected chi connectivity index (χ0v) is 15.6. The predicted molar refractivity (Wildman–Crippen MR) is 108 cm³/mol. The predicted octanol–water partition coefficient (Wildman–Crippen LogP) is 4.81. The van der Waals surface area contributed by atoms with Gasteiger partial charge < -0.3 is 5.32 Å². The summed E-state index contributed by atoms with van der Waals surface area (Å²) >= 11 is 2.93. The summed E-state index contributed by atoms with van der Waals surface area (Å²) in [5.74, 6) is 0.650. The van der Waals surface area contributed by atoms with Crippen LogP contribution in [0.4, 0.5) is 5.69 Å². The molecule has 26 heavy (non-hydrogen) atoms. The molecule has 0 aliphatic heterocycles. The number of thioether (sulfide) groups is 1. The van der Waals surface area contributed by atoms with Gasteiger partial charge in [0.25, 0.3) is 0 Å². The van der Waals surface area contributed by atoms with Crippen LogP contribution in [0.5, 0.6) is 0 Å². The van der Waals surface area contributed by atoms with E-state index in [0.29, 0.717) is 5.16 Å². The highest BCUT2D eigenvalue weighted by atomic mass is 32.2. The second-order valence-corrected chi connectivity index (χ2v) is 8.01. The molecule has 4 aromatic rings. The lowest BCUT2D eigenvalue weighted by Crippen LogP contribution is -2.22. The van der Waals surface area contributed by atoms with Crippen LogP contribution in [0.2, 0.25) is 0 Å². The van der Waals surface area contributed by atoms with Crippen molar-refractivity contribution in [1.82, 2.24) is 15.2 Å². The second-order valence-electron chi connectivity index (χ2n) is 5.76. The maximum absolute atomic E-state index is 12.5. The first kappa shape index (κ1) is 16.8. The standard InChI is InChI=1S/C19H16N4OS2/c1-12(26-19-21-17(22-23-19)16-7-4-10-25-16)18(24)20-15-9-8-13-5-2-3-6-14(13)11-15/h2-12H,1H3,(H,20,24)(H,21,22,23)/t12-/m1/s1. The van der Waals surface area contributed by atoms with Gasteiger partial charge in [-0.25, -0.2) is 4.98 Å². The van der Waals surface area contributed by atoms with Gasteiger partial charge in [-0.1, -0.05) is 48.2 Å². The molecular formula is C19H16N4OS2. The highest BCUT2D eigenvalue weighted by Gasteiger charge is 2.18. The first-order valence-electron chi connectivity index (χ1n) is 8.11. The van der Waals surface area contributed by atoms with Crippen LogP contribution in [-0.2, 0) is 4.79 Å². The maximum Gasteiger partial charge on any atom is 0.237 e. The Kier molecular flexibility index (Phi) is 4.73. The van der Waals surface area contributed by atoms with Crippen molar-refractivity contribution in [2.45, 2.75) is 17.3 Å². The lowest BCUT2D eigenvalue weighted by atomic mass is 10.1. The van der Waals surface area contributed by atoms with E-state index in [1.54, 1.807) is 11.3 Å². The number of nitrogens with zero attached hydrogens (tertiary/aromatic N) is 2. The smallest absolute Gasteiger partial charge is 0.237 e. The van der Waals surface area contributed by atoms with E-state index in [1.807, 2.05) is 66.9 Å². The van der Waals surface area contributed by atoms with Gasteiger partial charge in [-0.05, 0) is 41.3 Å². The fourth-order valence-corrected chi connectivity index (χ4v) is 3.93. The molecule has 1 amide bonds. The highest BCUT2D eigenvalue weighted by Crippen LogP contribution is 2.26. The molecule has 0 spiro atoms. The number of benzene rings is 2. The molecule has 0 aliphatic carbocycles. The number of H-pyrrole nitrogens is 1. The number of thiophene rings is 1. The Hall–Kier alpha value is -2.64. The van der Waals surface area contributed by atoms with E-state index < -0.39 is 0 Å². The molecule has 0 bridgehead atoms. The van der Waals surface area contributed by atoms with E-state index in [2.05, 4.69) is 20.5 Å². The van der Waals surface area contributed by atoms with E-state index in [-0.39, 0.29) is 11.2 Å². The first-order valence-corrected chi connectivity index (χ1v) is 9.87. The summed E-state index contributed by atoms with van der Waals surface area (Å²) in [6.45, 7) is 1.85. The van der Waals surface area contributed by atoms with Gasteiger partial charge in [0.15, 0.2) is 5.82 Å². The van der Waals surface area contributed by atoms with Crippen molar-refractivity contribution >= 4 is 45.5 Å². The van der Waals surface area contributed by atoms with E-state index in [1.165, 1.54) is 11.8 Å². The van der Waals surface area contributed by atoms with Crippen LogP contribution < -0.4 is 5.32 Å². The minimum absolute atomic E-state index is 0.0762. The molecule has 0 fully saturated rings. The van der Waals surface area contributed by atoms with Crippen molar-refractivity contribution in [2.24, 2.45) is 0 Å². The summed E-state index contributed by atoms with van der Waals surface area (Å²) in [6, 6.07) is 17.9. The van der Waals surface area contributed by atoms with Crippen LogP contribution >= 0.6 is 23.1 Å². The third-order valence-electron chi connectivity index (χ3n) is 3.89. The minimum atomic E-state index is -0.312. The van der Waals surface area contributed by atoms with Crippen molar-refractivity contribution < 1.29 is 4.79 Å². The Bertz CT molecular complexity index is 1040. The van der Waals surface area contributed by atoms with Gasteiger partial charge in [-0.15, -0.1) is 16.4 Å². The lowest BCUT2D eigenvalue weighted by molar-refractivity contribution is -0.115. The Morgan fingerprint density at radius 3 is 2.81 bits per heavy atom. The average Bonchev–Trinajstić information content (AvgIpc) is 3.33. The molecule has 0 radical (unpaired) electrons. The molecule has 4 rings (SSSR count). The first-order chi connectivity index (χ1) is 12.7. The quantitative estimate of drug-likeness (QED) is 0.488. The molecule has 130 valence electrons. The van der Waals surface area contributed by atoms with Crippen LogP contribution in [0.3, 0.4) is 0 Å². The third kappa shape index (κ3) is 3.63. The maximum atomic E-state index is 12.5.